The number of hydrogen-bond acceptors (Lipinski definition) is 3. The van der Waals surface area contributed by atoms with Crippen LogP contribution in [0.15, 0.2) is 65.6 Å². The molecule has 1 fully saturated rings. The first-order chi connectivity index (χ1) is 12.5. The SMILES string of the molecule is O=C(/C=C/c1ccccc1)N1CCN(S(=O)(=O)c2ccc(F)cc2)CC1. The van der Waals surface area contributed by atoms with Gasteiger partial charge >= 0.3 is 0 Å². The fourth-order valence-electron chi connectivity index (χ4n) is 2.74. The maximum Gasteiger partial charge on any atom is 0.246 e. The van der Waals surface area contributed by atoms with Crippen LogP contribution in [-0.2, 0) is 14.8 Å². The average molecular weight is 374 g/mol. The van der Waals surface area contributed by atoms with E-state index >= 15 is 0 Å². The van der Waals surface area contributed by atoms with Gasteiger partial charge in [-0.15, -0.1) is 0 Å². The van der Waals surface area contributed by atoms with Crippen molar-refractivity contribution in [2.45, 2.75) is 4.90 Å². The lowest BCUT2D eigenvalue weighted by atomic mass is 10.2. The molecule has 1 aliphatic heterocycles. The van der Waals surface area contributed by atoms with E-state index < -0.39 is 15.8 Å². The first-order valence-corrected chi connectivity index (χ1v) is 9.68. The van der Waals surface area contributed by atoms with Gasteiger partial charge < -0.3 is 4.90 Å². The van der Waals surface area contributed by atoms with Crippen LogP contribution in [0.5, 0.6) is 0 Å². The first kappa shape index (κ1) is 18.3. The number of hydrogen-bond donors (Lipinski definition) is 0. The predicted octanol–water partition coefficient (Wildman–Crippen LogP) is 2.37. The number of halogens is 1. The Morgan fingerprint density at radius 3 is 2.15 bits per heavy atom. The summed E-state index contributed by atoms with van der Waals surface area (Å²) in [6, 6.07) is 14.2. The van der Waals surface area contributed by atoms with Gasteiger partial charge in [-0.25, -0.2) is 12.8 Å². The second-order valence-corrected chi connectivity index (χ2v) is 7.87. The molecule has 0 spiro atoms. The molecule has 1 heterocycles. The monoisotopic (exact) mass is 374 g/mol. The molecule has 0 atom stereocenters. The zero-order valence-electron chi connectivity index (χ0n) is 14.1. The number of rotatable bonds is 4. The predicted molar refractivity (Wildman–Crippen MR) is 97.2 cm³/mol. The molecular formula is C19H19FN2O3S. The normalized spacial score (nSPS) is 16.1. The highest BCUT2D eigenvalue weighted by Crippen LogP contribution is 2.18. The molecule has 7 heteroatoms. The van der Waals surface area contributed by atoms with Crippen molar-refractivity contribution in [3.8, 4) is 0 Å². The number of sulfonamides is 1. The van der Waals surface area contributed by atoms with Gasteiger partial charge in [-0.1, -0.05) is 30.3 Å². The standard InChI is InChI=1S/C19H19FN2O3S/c20-17-7-9-18(10-8-17)26(24,25)22-14-12-21(13-15-22)19(23)11-6-16-4-2-1-3-5-16/h1-11H,12-15H2/b11-6+. The van der Waals surface area contributed by atoms with Crippen molar-refractivity contribution < 1.29 is 17.6 Å². The van der Waals surface area contributed by atoms with E-state index in [0.29, 0.717) is 13.1 Å². The molecule has 3 rings (SSSR count). The quantitative estimate of drug-likeness (QED) is 0.772. The summed E-state index contributed by atoms with van der Waals surface area (Å²) in [5.74, 6) is -0.628. The molecule has 1 amide bonds. The number of carbonyl (C=O) groups is 1. The number of nitrogens with zero attached hydrogens (tertiary/aromatic N) is 2. The molecule has 5 nitrogen and oxygen atoms in total. The zero-order valence-corrected chi connectivity index (χ0v) is 14.9. The van der Waals surface area contributed by atoms with Gasteiger partial charge in [0.2, 0.25) is 15.9 Å². The van der Waals surface area contributed by atoms with Crippen molar-refractivity contribution in [1.29, 1.82) is 0 Å². The summed E-state index contributed by atoms with van der Waals surface area (Å²) in [5, 5.41) is 0. The van der Waals surface area contributed by atoms with Crippen LogP contribution < -0.4 is 0 Å². The Kier molecular flexibility index (Phi) is 5.49. The van der Waals surface area contributed by atoms with Crippen molar-refractivity contribution in [2.24, 2.45) is 0 Å². The van der Waals surface area contributed by atoms with E-state index in [1.54, 1.807) is 11.0 Å². The molecule has 0 radical (unpaired) electrons. The third kappa shape index (κ3) is 4.17. The van der Waals surface area contributed by atoms with Gasteiger partial charge in [0.1, 0.15) is 5.82 Å². The van der Waals surface area contributed by atoms with Gasteiger partial charge in [-0.05, 0) is 35.9 Å². The van der Waals surface area contributed by atoms with E-state index in [2.05, 4.69) is 0 Å². The Morgan fingerprint density at radius 2 is 1.54 bits per heavy atom. The molecule has 0 aromatic heterocycles. The third-order valence-corrected chi connectivity index (χ3v) is 6.13. The highest BCUT2D eigenvalue weighted by Gasteiger charge is 2.29. The maximum atomic E-state index is 13.0. The first-order valence-electron chi connectivity index (χ1n) is 8.24. The zero-order chi connectivity index (χ0) is 18.6. The summed E-state index contributed by atoms with van der Waals surface area (Å²) in [6.45, 7) is 1.06. The minimum absolute atomic E-state index is 0.0580. The number of carbonyl (C=O) groups excluding carboxylic acids is 1. The van der Waals surface area contributed by atoms with Gasteiger partial charge in [-0.3, -0.25) is 4.79 Å². The fraction of sp³-hybridized carbons (Fsp3) is 0.211. The molecule has 1 aliphatic rings. The summed E-state index contributed by atoms with van der Waals surface area (Å²) < 4.78 is 39.5. The van der Waals surface area contributed by atoms with Gasteiger partial charge in [-0.2, -0.15) is 4.31 Å². The van der Waals surface area contributed by atoms with Crippen LogP contribution in [0.4, 0.5) is 4.39 Å². The Bertz CT molecular complexity index is 888. The minimum atomic E-state index is -3.67. The molecule has 136 valence electrons. The minimum Gasteiger partial charge on any atom is -0.337 e. The molecule has 1 saturated heterocycles. The van der Waals surface area contributed by atoms with E-state index in [-0.39, 0.29) is 23.9 Å². The van der Waals surface area contributed by atoms with Gasteiger partial charge in [0.25, 0.3) is 0 Å². The molecule has 0 N–H and O–H groups in total. The van der Waals surface area contributed by atoms with Crippen molar-refractivity contribution in [1.82, 2.24) is 9.21 Å². The summed E-state index contributed by atoms with van der Waals surface area (Å²) in [4.78, 5) is 13.9. The molecule has 26 heavy (non-hydrogen) atoms. The van der Waals surface area contributed by atoms with Crippen LogP contribution in [0.1, 0.15) is 5.56 Å². The fourth-order valence-corrected chi connectivity index (χ4v) is 4.16. The topological polar surface area (TPSA) is 57.7 Å². The molecule has 2 aromatic carbocycles. The van der Waals surface area contributed by atoms with Gasteiger partial charge in [0.15, 0.2) is 0 Å². The van der Waals surface area contributed by atoms with Crippen LogP contribution in [-0.4, -0.2) is 49.7 Å². The number of piperazine rings is 1. The smallest absolute Gasteiger partial charge is 0.246 e. The number of benzene rings is 2. The highest BCUT2D eigenvalue weighted by atomic mass is 32.2. The molecule has 0 aliphatic carbocycles. The van der Waals surface area contributed by atoms with Gasteiger partial charge in [0, 0.05) is 32.3 Å². The Hall–Kier alpha value is -2.51. The third-order valence-electron chi connectivity index (χ3n) is 4.22. The summed E-state index contributed by atoms with van der Waals surface area (Å²) in [7, 11) is -3.67. The van der Waals surface area contributed by atoms with Gasteiger partial charge in [0.05, 0.1) is 4.90 Å². The summed E-state index contributed by atoms with van der Waals surface area (Å²) in [5.41, 5.74) is 0.929. The maximum absolute atomic E-state index is 13.0. The largest absolute Gasteiger partial charge is 0.337 e. The van der Waals surface area contributed by atoms with E-state index in [1.165, 1.54) is 22.5 Å². The molecule has 0 saturated carbocycles. The van der Waals surface area contributed by atoms with Crippen molar-refractivity contribution >= 4 is 22.0 Å². The van der Waals surface area contributed by atoms with Crippen LogP contribution in [0.3, 0.4) is 0 Å². The van der Waals surface area contributed by atoms with E-state index in [0.717, 1.165) is 17.7 Å². The lowest BCUT2D eigenvalue weighted by Crippen LogP contribution is -2.50. The molecule has 2 aromatic rings. The Morgan fingerprint density at radius 1 is 0.923 bits per heavy atom. The summed E-state index contributed by atoms with van der Waals surface area (Å²) in [6.07, 6.45) is 3.24. The lowest BCUT2D eigenvalue weighted by Gasteiger charge is -2.33. The van der Waals surface area contributed by atoms with Crippen LogP contribution >= 0.6 is 0 Å². The molecule has 0 bridgehead atoms. The molecular weight excluding hydrogens is 355 g/mol. The van der Waals surface area contributed by atoms with E-state index in [4.69, 9.17) is 0 Å². The van der Waals surface area contributed by atoms with Crippen LogP contribution in [0.25, 0.3) is 6.08 Å². The number of amides is 1. The van der Waals surface area contributed by atoms with E-state index in [1.807, 2.05) is 30.3 Å². The summed E-state index contributed by atoms with van der Waals surface area (Å²) >= 11 is 0. The van der Waals surface area contributed by atoms with Crippen molar-refractivity contribution in [2.75, 3.05) is 26.2 Å². The average Bonchev–Trinajstić information content (AvgIpc) is 2.67. The highest BCUT2D eigenvalue weighted by molar-refractivity contribution is 7.89. The second kappa shape index (κ2) is 7.80. The second-order valence-electron chi connectivity index (χ2n) is 5.93. The van der Waals surface area contributed by atoms with Crippen molar-refractivity contribution in [3.05, 3.63) is 72.1 Å². The van der Waals surface area contributed by atoms with Crippen LogP contribution in [0.2, 0.25) is 0 Å². The van der Waals surface area contributed by atoms with Crippen molar-refractivity contribution in [3.63, 3.8) is 0 Å². The Balaban J connectivity index is 1.61. The Labute approximate surface area is 152 Å². The lowest BCUT2D eigenvalue weighted by molar-refractivity contribution is -0.127. The van der Waals surface area contributed by atoms with E-state index in [9.17, 15) is 17.6 Å². The van der Waals surface area contributed by atoms with Crippen LogP contribution in [0, 0.1) is 5.82 Å². The molecule has 0 unspecified atom stereocenters.